The Morgan fingerprint density at radius 2 is 2.25 bits per heavy atom. The van der Waals surface area contributed by atoms with Gasteiger partial charge in [0.1, 0.15) is 0 Å². The van der Waals surface area contributed by atoms with Crippen molar-refractivity contribution in [1.82, 2.24) is 9.78 Å². The van der Waals surface area contributed by atoms with E-state index in [0.29, 0.717) is 5.92 Å². The van der Waals surface area contributed by atoms with Crippen molar-refractivity contribution in [3.8, 4) is 0 Å². The zero-order chi connectivity index (χ0) is 11.8. The zero-order valence-corrected chi connectivity index (χ0v) is 10.5. The highest BCUT2D eigenvalue weighted by Crippen LogP contribution is 2.46. The number of aliphatic hydroxyl groups excluding tert-OH is 1. The number of hydrogen-bond acceptors (Lipinski definition) is 2. The minimum atomic E-state index is -0.372. The van der Waals surface area contributed by atoms with Crippen molar-refractivity contribution in [1.29, 1.82) is 0 Å². The van der Waals surface area contributed by atoms with Gasteiger partial charge < -0.3 is 5.11 Å². The highest BCUT2D eigenvalue weighted by Gasteiger charge is 2.38. The SMILES string of the molecule is Cn1nccc1C(O)C1CCCCC1(C)C. The number of nitrogens with zero attached hydrogens (tertiary/aromatic N) is 2. The predicted octanol–water partition coefficient (Wildman–Crippen LogP) is 2.67. The average Bonchev–Trinajstić information content (AvgIpc) is 2.63. The minimum Gasteiger partial charge on any atom is -0.387 e. The third-order valence-electron chi connectivity index (χ3n) is 4.13. The average molecular weight is 222 g/mol. The van der Waals surface area contributed by atoms with E-state index in [-0.39, 0.29) is 11.5 Å². The Hall–Kier alpha value is -0.830. The van der Waals surface area contributed by atoms with Crippen LogP contribution in [0.2, 0.25) is 0 Å². The van der Waals surface area contributed by atoms with Crippen molar-refractivity contribution in [3.05, 3.63) is 18.0 Å². The van der Waals surface area contributed by atoms with Crippen molar-refractivity contribution in [2.24, 2.45) is 18.4 Å². The third-order valence-corrected chi connectivity index (χ3v) is 4.13. The van der Waals surface area contributed by atoms with Crippen LogP contribution in [0.1, 0.15) is 51.3 Å². The zero-order valence-electron chi connectivity index (χ0n) is 10.5. The Balaban J connectivity index is 2.20. The summed E-state index contributed by atoms with van der Waals surface area (Å²) in [5.41, 5.74) is 1.18. The summed E-state index contributed by atoms with van der Waals surface area (Å²) in [5, 5.41) is 14.6. The molecule has 1 saturated carbocycles. The molecular formula is C13H22N2O. The summed E-state index contributed by atoms with van der Waals surface area (Å²) in [6.45, 7) is 4.55. The van der Waals surface area contributed by atoms with Crippen molar-refractivity contribution in [2.45, 2.75) is 45.6 Å². The number of aryl methyl sites for hydroxylation is 1. The molecule has 3 heteroatoms. The lowest BCUT2D eigenvalue weighted by Crippen LogP contribution is -2.33. The second-order valence-electron chi connectivity index (χ2n) is 5.67. The molecule has 1 N–H and O–H groups in total. The monoisotopic (exact) mass is 222 g/mol. The van der Waals surface area contributed by atoms with Gasteiger partial charge in [0.2, 0.25) is 0 Å². The first-order valence-electron chi connectivity index (χ1n) is 6.18. The molecule has 1 aliphatic carbocycles. The van der Waals surface area contributed by atoms with Gasteiger partial charge in [-0.3, -0.25) is 4.68 Å². The maximum absolute atomic E-state index is 10.5. The third kappa shape index (κ3) is 2.01. The molecule has 1 heterocycles. The molecule has 2 atom stereocenters. The minimum absolute atomic E-state index is 0.238. The summed E-state index contributed by atoms with van der Waals surface area (Å²) in [5.74, 6) is 0.358. The fourth-order valence-corrected chi connectivity index (χ4v) is 2.99. The first kappa shape index (κ1) is 11.6. The van der Waals surface area contributed by atoms with Crippen LogP contribution < -0.4 is 0 Å². The standard InChI is InChI=1S/C13H22N2O/c1-13(2)8-5-4-6-10(13)12(16)11-7-9-14-15(11)3/h7,9-10,12,16H,4-6,8H2,1-3H3. The van der Waals surface area contributed by atoms with E-state index in [1.165, 1.54) is 19.3 Å². The lowest BCUT2D eigenvalue weighted by atomic mass is 9.66. The normalized spacial score (nSPS) is 26.6. The maximum atomic E-state index is 10.5. The number of aromatic nitrogens is 2. The van der Waals surface area contributed by atoms with Gasteiger partial charge in [0.05, 0.1) is 11.8 Å². The molecule has 1 fully saturated rings. The van der Waals surface area contributed by atoms with Gasteiger partial charge in [-0.15, -0.1) is 0 Å². The van der Waals surface area contributed by atoms with E-state index in [2.05, 4.69) is 18.9 Å². The van der Waals surface area contributed by atoms with E-state index in [9.17, 15) is 5.11 Å². The molecule has 0 saturated heterocycles. The lowest BCUT2D eigenvalue weighted by Gasteiger charge is -2.41. The molecular weight excluding hydrogens is 200 g/mol. The molecule has 0 aromatic carbocycles. The van der Waals surface area contributed by atoms with E-state index in [4.69, 9.17) is 0 Å². The van der Waals surface area contributed by atoms with E-state index in [1.54, 1.807) is 10.9 Å². The van der Waals surface area contributed by atoms with Crippen molar-refractivity contribution in [2.75, 3.05) is 0 Å². The van der Waals surface area contributed by atoms with Gasteiger partial charge in [0.25, 0.3) is 0 Å². The highest BCUT2D eigenvalue weighted by molar-refractivity contribution is 5.07. The van der Waals surface area contributed by atoms with E-state index in [1.807, 2.05) is 13.1 Å². The first-order chi connectivity index (χ1) is 7.52. The van der Waals surface area contributed by atoms with E-state index >= 15 is 0 Å². The Morgan fingerprint density at radius 3 is 2.81 bits per heavy atom. The van der Waals surface area contributed by atoms with Gasteiger partial charge in [-0.2, -0.15) is 5.10 Å². The first-order valence-corrected chi connectivity index (χ1v) is 6.18. The van der Waals surface area contributed by atoms with Crippen LogP contribution in [0.15, 0.2) is 12.3 Å². The molecule has 0 aliphatic heterocycles. The quantitative estimate of drug-likeness (QED) is 0.835. The molecule has 2 rings (SSSR count). The van der Waals surface area contributed by atoms with E-state index in [0.717, 1.165) is 12.1 Å². The molecule has 90 valence electrons. The fraction of sp³-hybridized carbons (Fsp3) is 0.769. The van der Waals surface area contributed by atoms with Crippen LogP contribution in [0.4, 0.5) is 0 Å². The number of aliphatic hydroxyl groups is 1. The van der Waals surface area contributed by atoms with Crippen LogP contribution in [-0.4, -0.2) is 14.9 Å². The van der Waals surface area contributed by atoms with Gasteiger partial charge in [-0.1, -0.05) is 26.7 Å². The van der Waals surface area contributed by atoms with E-state index < -0.39 is 0 Å². The van der Waals surface area contributed by atoms with Gasteiger partial charge in [-0.05, 0) is 30.2 Å². The number of rotatable bonds is 2. The summed E-state index contributed by atoms with van der Waals surface area (Å²) < 4.78 is 1.79. The second-order valence-corrected chi connectivity index (χ2v) is 5.67. The van der Waals surface area contributed by atoms with Gasteiger partial charge in [0, 0.05) is 13.2 Å². The largest absolute Gasteiger partial charge is 0.387 e. The predicted molar refractivity (Wildman–Crippen MR) is 63.9 cm³/mol. The molecule has 1 aliphatic rings. The van der Waals surface area contributed by atoms with Crippen LogP contribution in [0, 0.1) is 11.3 Å². The molecule has 0 amide bonds. The van der Waals surface area contributed by atoms with Crippen LogP contribution >= 0.6 is 0 Å². The highest BCUT2D eigenvalue weighted by atomic mass is 16.3. The summed E-state index contributed by atoms with van der Waals surface area (Å²) in [7, 11) is 1.90. The second kappa shape index (κ2) is 4.21. The Labute approximate surface area is 97.5 Å². The summed E-state index contributed by atoms with van der Waals surface area (Å²) in [6.07, 6.45) is 6.26. The van der Waals surface area contributed by atoms with Crippen LogP contribution in [0.5, 0.6) is 0 Å². The van der Waals surface area contributed by atoms with Gasteiger partial charge in [0.15, 0.2) is 0 Å². The summed E-state index contributed by atoms with van der Waals surface area (Å²) in [6, 6.07) is 1.93. The molecule has 0 radical (unpaired) electrons. The van der Waals surface area contributed by atoms with Crippen LogP contribution in [0.25, 0.3) is 0 Å². The molecule has 0 spiro atoms. The smallest absolute Gasteiger partial charge is 0.0989 e. The summed E-state index contributed by atoms with van der Waals surface area (Å²) in [4.78, 5) is 0. The summed E-state index contributed by atoms with van der Waals surface area (Å²) >= 11 is 0. The topological polar surface area (TPSA) is 38.0 Å². The van der Waals surface area contributed by atoms with Gasteiger partial charge >= 0.3 is 0 Å². The van der Waals surface area contributed by atoms with Crippen LogP contribution in [-0.2, 0) is 7.05 Å². The maximum Gasteiger partial charge on any atom is 0.0989 e. The fourth-order valence-electron chi connectivity index (χ4n) is 2.99. The molecule has 1 aromatic heterocycles. The molecule has 0 bridgehead atoms. The molecule has 3 nitrogen and oxygen atoms in total. The molecule has 16 heavy (non-hydrogen) atoms. The molecule has 1 aromatic rings. The number of hydrogen-bond donors (Lipinski definition) is 1. The van der Waals surface area contributed by atoms with Gasteiger partial charge in [-0.25, -0.2) is 0 Å². The molecule has 2 unspecified atom stereocenters. The Bertz CT molecular complexity index is 357. The van der Waals surface area contributed by atoms with Crippen molar-refractivity contribution in [3.63, 3.8) is 0 Å². The lowest BCUT2D eigenvalue weighted by molar-refractivity contribution is -0.000529. The van der Waals surface area contributed by atoms with Crippen LogP contribution in [0.3, 0.4) is 0 Å². The Morgan fingerprint density at radius 1 is 1.50 bits per heavy atom. The Kier molecular flexibility index (Phi) is 3.06. The van der Waals surface area contributed by atoms with Crippen molar-refractivity contribution < 1.29 is 5.11 Å². The van der Waals surface area contributed by atoms with Crippen molar-refractivity contribution >= 4 is 0 Å².